The van der Waals surface area contributed by atoms with E-state index in [0.29, 0.717) is 6.54 Å². The normalized spacial score (nSPS) is 19.2. The lowest BCUT2D eigenvalue weighted by molar-refractivity contribution is -0.155. The van der Waals surface area contributed by atoms with Crippen molar-refractivity contribution in [3.05, 3.63) is 29.8 Å². The number of ether oxygens (including phenoxy) is 1. The maximum absolute atomic E-state index is 12.6. The average Bonchev–Trinajstić information content (AvgIpc) is 3.08. The van der Waals surface area contributed by atoms with Crippen molar-refractivity contribution in [3.8, 4) is 0 Å². The fourth-order valence-electron chi connectivity index (χ4n) is 3.16. The van der Waals surface area contributed by atoms with Crippen molar-refractivity contribution in [1.82, 2.24) is 10.2 Å². The molecule has 0 aromatic heterocycles. The van der Waals surface area contributed by atoms with Gasteiger partial charge in [0.05, 0.1) is 0 Å². The highest BCUT2D eigenvalue weighted by molar-refractivity contribution is 6.08. The SMILES string of the molecule is C[C@@H](OC(=O)CN1C(=O)NC(C)(C)C1=O)C(=O)N1CCc2ccccc21. The Morgan fingerprint density at radius 2 is 1.96 bits per heavy atom. The van der Waals surface area contributed by atoms with Crippen LogP contribution in [0.3, 0.4) is 0 Å². The number of hydrogen-bond acceptors (Lipinski definition) is 5. The Hall–Kier alpha value is -2.90. The molecule has 0 unspecified atom stereocenters. The van der Waals surface area contributed by atoms with Crippen molar-refractivity contribution in [2.45, 2.75) is 38.8 Å². The third-order valence-corrected chi connectivity index (χ3v) is 4.54. The van der Waals surface area contributed by atoms with Crippen LogP contribution in [0.1, 0.15) is 26.3 Å². The predicted molar refractivity (Wildman–Crippen MR) is 92.4 cm³/mol. The molecule has 0 aliphatic carbocycles. The minimum absolute atomic E-state index is 0.333. The number of urea groups is 1. The van der Waals surface area contributed by atoms with Gasteiger partial charge in [-0.05, 0) is 38.8 Å². The Morgan fingerprint density at radius 3 is 2.62 bits per heavy atom. The summed E-state index contributed by atoms with van der Waals surface area (Å²) in [4.78, 5) is 51.0. The Kier molecular flexibility index (Phi) is 4.43. The first kappa shape index (κ1) is 17.9. The monoisotopic (exact) mass is 359 g/mol. The van der Waals surface area contributed by atoms with E-state index in [9.17, 15) is 19.2 Å². The zero-order chi connectivity index (χ0) is 19.1. The minimum Gasteiger partial charge on any atom is -0.451 e. The molecule has 8 nitrogen and oxygen atoms in total. The van der Waals surface area contributed by atoms with Crippen LogP contribution in [0.5, 0.6) is 0 Å². The van der Waals surface area contributed by atoms with Crippen molar-refractivity contribution in [3.63, 3.8) is 0 Å². The first-order valence-corrected chi connectivity index (χ1v) is 8.43. The molecule has 2 heterocycles. The zero-order valence-electron chi connectivity index (χ0n) is 14.9. The Morgan fingerprint density at radius 1 is 1.27 bits per heavy atom. The average molecular weight is 359 g/mol. The number of nitrogens with one attached hydrogen (secondary N) is 1. The van der Waals surface area contributed by atoms with Crippen LogP contribution in [0.2, 0.25) is 0 Å². The summed E-state index contributed by atoms with van der Waals surface area (Å²) in [6.45, 7) is 4.59. The Balaban J connectivity index is 1.61. The topological polar surface area (TPSA) is 96.0 Å². The first-order valence-electron chi connectivity index (χ1n) is 8.43. The molecule has 1 N–H and O–H groups in total. The molecule has 1 aromatic carbocycles. The van der Waals surface area contributed by atoms with E-state index in [1.165, 1.54) is 6.92 Å². The quantitative estimate of drug-likeness (QED) is 0.635. The van der Waals surface area contributed by atoms with Gasteiger partial charge in [0.2, 0.25) is 0 Å². The van der Waals surface area contributed by atoms with Crippen molar-refractivity contribution in [1.29, 1.82) is 0 Å². The van der Waals surface area contributed by atoms with E-state index >= 15 is 0 Å². The minimum atomic E-state index is -1.06. The van der Waals surface area contributed by atoms with Gasteiger partial charge in [-0.25, -0.2) is 4.79 Å². The van der Waals surface area contributed by atoms with Crippen molar-refractivity contribution >= 4 is 29.5 Å². The second-order valence-electron chi connectivity index (χ2n) is 6.95. The van der Waals surface area contributed by atoms with Crippen molar-refractivity contribution in [2.75, 3.05) is 18.0 Å². The van der Waals surface area contributed by atoms with Gasteiger partial charge < -0.3 is 15.0 Å². The molecule has 138 valence electrons. The second-order valence-corrected chi connectivity index (χ2v) is 6.95. The number of imide groups is 1. The number of rotatable bonds is 4. The van der Waals surface area contributed by atoms with Crippen LogP contribution in [0.15, 0.2) is 24.3 Å². The third kappa shape index (κ3) is 3.14. The molecular weight excluding hydrogens is 338 g/mol. The Bertz CT molecular complexity index is 789. The smallest absolute Gasteiger partial charge is 0.327 e. The number of hydrogen-bond donors (Lipinski definition) is 1. The molecule has 4 amide bonds. The molecule has 1 saturated heterocycles. The van der Waals surface area contributed by atoms with Crippen LogP contribution < -0.4 is 10.2 Å². The highest BCUT2D eigenvalue weighted by atomic mass is 16.5. The van der Waals surface area contributed by atoms with Crippen LogP contribution in [-0.2, 0) is 25.5 Å². The van der Waals surface area contributed by atoms with E-state index in [4.69, 9.17) is 4.74 Å². The van der Waals surface area contributed by atoms with E-state index in [0.717, 1.165) is 22.6 Å². The first-order chi connectivity index (χ1) is 12.2. The van der Waals surface area contributed by atoms with Gasteiger partial charge >= 0.3 is 12.0 Å². The summed E-state index contributed by atoms with van der Waals surface area (Å²) < 4.78 is 5.16. The summed E-state index contributed by atoms with van der Waals surface area (Å²) >= 11 is 0. The number of para-hydroxylation sites is 1. The summed E-state index contributed by atoms with van der Waals surface area (Å²) in [5, 5.41) is 2.48. The lowest BCUT2D eigenvalue weighted by Crippen LogP contribution is -2.43. The molecular formula is C18H21N3O5. The molecule has 2 aliphatic heterocycles. The highest BCUT2D eigenvalue weighted by Crippen LogP contribution is 2.28. The van der Waals surface area contributed by atoms with Crippen LogP contribution in [0.4, 0.5) is 10.5 Å². The van der Waals surface area contributed by atoms with Crippen LogP contribution in [0.25, 0.3) is 0 Å². The molecule has 26 heavy (non-hydrogen) atoms. The van der Waals surface area contributed by atoms with Gasteiger partial charge in [0, 0.05) is 12.2 Å². The van der Waals surface area contributed by atoms with Gasteiger partial charge in [0.15, 0.2) is 6.10 Å². The van der Waals surface area contributed by atoms with E-state index in [-0.39, 0.29) is 5.91 Å². The molecule has 2 aliphatic rings. The predicted octanol–water partition coefficient (Wildman–Crippen LogP) is 0.838. The van der Waals surface area contributed by atoms with Crippen molar-refractivity contribution in [2.24, 2.45) is 0 Å². The number of fused-ring (bicyclic) bond motifs is 1. The van der Waals surface area contributed by atoms with E-state index in [2.05, 4.69) is 5.32 Å². The highest BCUT2D eigenvalue weighted by Gasteiger charge is 2.45. The zero-order valence-corrected chi connectivity index (χ0v) is 14.9. The molecule has 0 spiro atoms. The van der Waals surface area contributed by atoms with Gasteiger partial charge in [-0.1, -0.05) is 18.2 Å². The molecule has 0 bridgehead atoms. The largest absolute Gasteiger partial charge is 0.451 e. The summed E-state index contributed by atoms with van der Waals surface area (Å²) in [5.41, 5.74) is 0.829. The van der Waals surface area contributed by atoms with Gasteiger partial charge in [0.25, 0.3) is 11.8 Å². The lowest BCUT2D eigenvalue weighted by Gasteiger charge is -2.22. The fourth-order valence-corrected chi connectivity index (χ4v) is 3.16. The standard InChI is InChI=1S/C18H21N3O5/c1-11(15(23)20-9-8-12-6-4-5-7-13(12)20)26-14(22)10-21-16(24)18(2,3)19-17(21)25/h4-7,11H,8-10H2,1-3H3,(H,19,25)/t11-/m1/s1. The maximum atomic E-state index is 12.6. The van der Waals surface area contributed by atoms with Crippen LogP contribution in [-0.4, -0.2) is 53.4 Å². The second kappa shape index (κ2) is 6.44. The third-order valence-electron chi connectivity index (χ3n) is 4.54. The molecule has 0 radical (unpaired) electrons. The summed E-state index contributed by atoms with van der Waals surface area (Å²) in [6, 6.07) is 6.92. The van der Waals surface area contributed by atoms with Crippen LogP contribution >= 0.6 is 0 Å². The molecule has 0 saturated carbocycles. The molecule has 3 rings (SSSR count). The number of carbonyl (C=O) groups is 4. The lowest BCUT2D eigenvalue weighted by atomic mass is 10.1. The van der Waals surface area contributed by atoms with Gasteiger partial charge in [-0.15, -0.1) is 0 Å². The summed E-state index contributed by atoms with van der Waals surface area (Å²) in [6.07, 6.45) is -0.262. The van der Waals surface area contributed by atoms with Gasteiger partial charge in [0.1, 0.15) is 12.1 Å². The Labute approximate surface area is 151 Å². The number of carbonyl (C=O) groups excluding carboxylic acids is 4. The fraction of sp³-hybridized carbons (Fsp3) is 0.444. The number of benzene rings is 1. The summed E-state index contributed by atoms with van der Waals surface area (Å²) in [7, 11) is 0. The van der Waals surface area contributed by atoms with Crippen LogP contribution in [0, 0.1) is 0 Å². The molecule has 1 fully saturated rings. The van der Waals surface area contributed by atoms with Crippen molar-refractivity contribution < 1.29 is 23.9 Å². The number of anilines is 1. The molecule has 8 heteroatoms. The van der Waals surface area contributed by atoms with Gasteiger partial charge in [-0.3, -0.25) is 19.3 Å². The molecule has 1 atom stereocenters. The molecule has 1 aromatic rings. The van der Waals surface area contributed by atoms with Gasteiger partial charge in [-0.2, -0.15) is 0 Å². The maximum Gasteiger partial charge on any atom is 0.327 e. The van der Waals surface area contributed by atoms with E-state index < -0.39 is 36.1 Å². The van der Waals surface area contributed by atoms with E-state index in [1.54, 1.807) is 18.7 Å². The summed E-state index contributed by atoms with van der Waals surface area (Å²) in [5.74, 6) is -1.65. The number of nitrogens with zero attached hydrogens (tertiary/aromatic N) is 2. The van der Waals surface area contributed by atoms with E-state index in [1.807, 2.05) is 24.3 Å². The number of amides is 4. The number of esters is 1.